The molecule has 0 saturated carbocycles. The highest BCUT2D eigenvalue weighted by atomic mass is 35.5. The summed E-state index contributed by atoms with van der Waals surface area (Å²) >= 11 is 0. The summed E-state index contributed by atoms with van der Waals surface area (Å²) in [5, 5.41) is 0. The van der Waals surface area contributed by atoms with Crippen LogP contribution in [-0.2, 0) is 6.54 Å². The summed E-state index contributed by atoms with van der Waals surface area (Å²) in [6, 6.07) is 19.8. The van der Waals surface area contributed by atoms with Crippen LogP contribution in [0, 0.1) is 0 Å². The molecule has 22 heavy (non-hydrogen) atoms. The zero-order valence-corrected chi connectivity index (χ0v) is 13.1. The minimum atomic E-state index is 0. The van der Waals surface area contributed by atoms with E-state index in [0.29, 0.717) is 6.54 Å². The average molecular weight is 315 g/mol. The molecule has 0 aromatic heterocycles. The Balaban J connectivity index is 0.00000176. The van der Waals surface area contributed by atoms with Crippen LogP contribution in [0.3, 0.4) is 0 Å². The number of hydrogen-bond donors (Lipinski definition) is 0. The van der Waals surface area contributed by atoms with Crippen LogP contribution >= 0.6 is 12.4 Å². The molecule has 2 aromatic carbocycles. The van der Waals surface area contributed by atoms with E-state index in [2.05, 4.69) is 17.0 Å². The van der Waals surface area contributed by atoms with Gasteiger partial charge in [0.2, 0.25) is 0 Å². The molecule has 4 heteroatoms. The fourth-order valence-electron chi connectivity index (χ4n) is 2.44. The van der Waals surface area contributed by atoms with Crippen LogP contribution in [0.2, 0.25) is 0 Å². The molecule has 0 N–H and O–H groups in total. The summed E-state index contributed by atoms with van der Waals surface area (Å²) in [5.74, 6) is 0.154. The quantitative estimate of drug-likeness (QED) is 0.789. The molecule has 2 aromatic rings. The number of Topliss-reactive ketones (excluding diaryl/α,β-unsaturated/α-hetero) is 1. The van der Waals surface area contributed by atoms with Crippen molar-refractivity contribution < 1.29 is 4.79 Å². The third-order valence-corrected chi connectivity index (χ3v) is 3.52. The maximum atomic E-state index is 12.2. The molecule has 1 heterocycles. The Labute approximate surface area is 137 Å². The number of nitrogens with zero attached hydrogens (tertiary/aromatic N) is 2. The van der Waals surface area contributed by atoms with E-state index in [1.54, 1.807) is 0 Å². The van der Waals surface area contributed by atoms with Gasteiger partial charge in [-0.1, -0.05) is 60.7 Å². The molecule has 0 amide bonds. The smallest absolute Gasteiger partial charge is 0.182 e. The standard InChI is InChI=1S/C18H18N2O.ClH/c21-18(17-9-5-2-6-10-17)14-20-12-11-19(15-20)13-16-7-3-1-4-8-16;/h1-12H,13-15H2;1H. The first kappa shape index (κ1) is 16.1. The topological polar surface area (TPSA) is 23.6 Å². The molecule has 1 aliphatic rings. The van der Waals surface area contributed by atoms with Gasteiger partial charge >= 0.3 is 0 Å². The fraction of sp³-hybridized carbons (Fsp3) is 0.167. The molecule has 0 atom stereocenters. The van der Waals surface area contributed by atoms with Crippen molar-refractivity contribution in [3.8, 4) is 0 Å². The lowest BCUT2D eigenvalue weighted by Gasteiger charge is -2.20. The fourth-order valence-corrected chi connectivity index (χ4v) is 2.44. The highest BCUT2D eigenvalue weighted by Crippen LogP contribution is 2.12. The monoisotopic (exact) mass is 314 g/mol. The van der Waals surface area contributed by atoms with E-state index in [9.17, 15) is 4.79 Å². The van der Waals surface area contributed by atoms with E-state index in [-0.39, 0.29) is 18.2 Å². The van der Waals surface area contributed by atoms with Gasteiger partial charge in [0.05, 0.1) is 13.2 Å². The molecule has 0 spiro atoms. The minimum Gasteiger partial charge on any atom is -0.354 e. The van der Waals surface area contributed by atoms with Gasteiger partial charge in [-0.25, -0.2) is 0 Å². The summed E-state index contributed by atoms with van der Waals surface area (Å²) in [7, 11) is 0. The normalized spacial score (nSPS) is 13.1. The Hall–Kier alpha value is -2.26. The maximum Gasteiger partial charge on any atom is 0.182 e. The summed E-state index contributed by atoms with van der Waals surface area (Å²) in [6.07, 6.45) is 4.04. The van der Waals surface area contributed by atoms with E-state index in [0.717, 1.165) is 18.8 Å². The SMILES string of the molecule is Cl.O=C(CN1C=CN(Cc2ccccc2)C1)c1ccccc1. The van der Waals surface area contributed by atoms with Gasteiger partial charge in [-0.15, -0.1) is 12.4 Å². The van der Waals surface area contributed by atoms with Crippen molar-refractivity contribution in [2.45, 2.75) is 6.54 Å². The van der Waals surface area contributed by atoms with E-state index in [1.807, 2.05) is 65.8 Å². The molecule has 0 saturated heterocycles. The third-order valence-electron chi connectivity index (χ3n) is 3.52. The lowest BCUT2D eigenvalue weighted by Crippen LogP contribution is -2.29. The molecule has 0 unspecified atom stereocenters. The van der Waals surface area contributed by atoms with Gasteiger partial charge in [0, 0.05) is 24.5 Å². The van der Waals surface area contributed by atoms with Crippen molar-refractivity contribution in [2.75, 3.05) is 13.2 Å². The van der Waals surface area contributed by atoms with E-state index < -0.39 is 0 Å². The lowest BCUT2D eigenvalue weighted by molar-refractivity contribution is 0.0944. The Morgan fingerprint density at radius 3 is 2.14 bits per heavy atom. The van der Waals surface area contributed by atoms with Gasteiger partial charge in [-0.3, -0.25) is 4.79 Å². The number of carbonyl (C=O) groups excluding carboxylic acids is 1. The molecule has 1 aliphatic heterocycles. The number of carbonyl (C=O) groups is 1. The molecule has 0 fully saturated rings. The number of ketones is 1. The average Bonchev–Trinajstić information content (AvgIpc) is 2.96. The third kappa shape index (κ3) is 4.12. The van der Waals surface area contributed by atoms with Crippen LogP contribution in [-0.4, -0.2) is 28.8 Å². The van der Waals surface area contributed by atoms with Crippen LogP contribution in [0.4, 0.5) is 0 Å². The van der Waals surface area contributed by atoms with Gasteiger partial charge < -0.3 is 9.80 Å². The number of hydrogen-bond acceptors (Lipinski definition) is 3. The predicted octanol–water partition coefficient (Wildman–Crippen LogP) is 3.54. The van der Waals surface area contributed by atoms with Crippen LogP contribution in [0.15, 0.2) is 73.1 Å². The maximum absolute atomic E-state index is 12.2. The van der Waals surface area contributed by atoms with E-state index in [4.69, 9.17) is 0 Å². The van der Waals surface area contributed by atoms with Crippen LogP contribution in [0.25, 0.3) is 0 Å². The zero-order valence-electron chi connectivity index (χ0n) is 12.3. The second kappa shape index (κ2) is 7.66. The van der Waals surface area contributed by atoms with Gasteiger partial charge in [0.1, 0.15) is 0 Å². The lowest BCUT2D eigenvalue weighted by atomic mass is 10.1. The highest BCUT2D eigenvalue weighted by molar-refractivity contribution is 5.97. The number of benzene rings is 2. The largest absolute Gasteiger partial charge is 0.354 e. The van der Waals surface area contributed by atoms with Crippen molar-refractivity contribution in [3.05, 3.63) is 84.2 Å². The zero-order chi connectivity index (χ0) is 14.5. The summed E-state index contributed by atoms with van der Waals surface area (Å²) in [6.45, 7) is 2.05. The van der Waals surface area contributed by atoms with Crippen LogP contribution in [0.5, 0.6) is 0 Å². The van der Waals surface area contributed by atoms with Crippen molar-refractivity contribution in [1.29, 1.82) is 0 Å². The summed E-state index contributed by atoms with van der Waals surface area (Å²) in [5.41, 5.74) is 2.05. The molecule has 114 valence electrons. The minimum absolute atomic E-state index is 0. The van der Waals surface area contributed by atoms with Crippen molar-refractivity contribution in [2.24, 2.45) is 0 Å². The first-order valence-corrected chi connectivity index (χ1v) is 7.10. The van der Waals surface area contributed by atoms with Crippen molar-refractivity contribution in [1.82, 2.24) is 9.80 Å². The van der Waals surface area contributed by atoms with Gasteiger partial charge in [-0.2, -0.15) is 0 Å². The number of halogens is 1. The summed E-state index contributed by atoms with van der Waals surface area (Å²) in [4.78, 5) is 16.4. The molecular formula is C18H19ClN2O. The van der Waals surface area contributed by atoms with Gasteiger partial charge in [-0.05, 0) is 5.56 Å². The molecule has 3 nitrogen and oxygen atoms in total. The molecular weight excluding hydrogens is 296 g/mol. The van der Waals surface area contributed by atoms with E-state index >= 15 is 0 Å². The van der Waals surface area contributed by atoms with Crippen LogP contribution < -0.4 is 0 Å². The number of rotatable bonds is 5. The van der Waals surface area contributed by atoms with Crippen molar-refractivity contribution >= 4 is 18.2 Å². The predicted molar refractivity (Wildman–Crippen MR) is 90.7 cm³/mol. The van der Waals surface area contributed by atoms with Crippen molar-refractivity contribution in [3.63, 3.8) is 0 Å². The Kier molecular flexibility index (Phi) is 5.61. The molecule has 0 aliphatic carbocycles. The molecule has 0 bridgehead atoms. The first-order valence-electron chi connectivity index (χ1n) is 7.10. The van der Waals surface area contributed by atoms with E-state index in [1.165, 1.54) is 5.56 Å². The van der Waals surface area contributed by atoms with Gasteiger partial charge in [0.25, 0.3) is 0 Å². The Morgan fingerprint density at radius 1 is 0.864 bits per heavy atom. The highest BCUT2D eigenvalue weighted by Gasteiger charge is 2.16. The first-order chi connectivity index (χ1) is 10.3. The Morgan fingerprint density at radius 2 is 1.45 bits per heavy atom. The molecule has 0 radical (unpaired) electrons. The summed E-state index contributed by atoms with van der Waals surface area (Å²) < 4.78 is 0. The second-order valence-electron chi connectivity index (χ2n) is 5.21. The second-order valence-corrected chi connectivity index (χ2v) is 5.21. The van der Waals surface area contributed by atoms with Crippen LogP contribution in [0.1, 0.15) is 15.9 Å². The molecule has 3 rings (SSSR count). The van der Waals surface area contributed by atoms with Gasteiger partial charge in [0.15, 0.2) is 5.78 Å². The Bertz CT molecular complexity index is 628.